The lowest BCUT2D eigenvalue weighted by Crippen LogP contribution is -2.17. The van der Waals surface area contributed by atoms with Crippen LogP contribution in [0, 0.1) is 0 Å². The Morgan fingerprint density at radius 2 is 1.76 bits per heavy atom. The lowest BCUT2D eigenvalue weighted by Gasteiger charge is -2.06. The molecule has 1 amide bonds. The molecule has 2 aromatic rings. The number of carbonyl (C=O) groups excluding carboxylic acids is 1. The van der Waals surface area contributed by atoms with Crippen LogP contribution >= 0.6 is 12.4 Å². The van der Waals surface area contributed by atoms with Crippen LogP contribution in [0.3, 0.4) is 0 Å². The molecule has 0 unspecified atom stereocenters. The third-order valence-electron chi connectivity index (χ3n) is 3.81. The summed E-state index contributed by atoms with van der Waals surface area (Å²) in [5, 5.41) is 0. The fourth-order valence-corrected chi connectivity index (χ4v) is 2.68. The molecular formula is C17H19ClN2O. The maximum absolute atomic E-state index is 11.9. The number of carbonyl (C=O) groups is 1. The molecule has 0 saturated carbocycles. The molecule has 0 atom stereocenters. The quantitative estimate of drug-likeness (QED) is 0.947. The number of fused-ring (bicyclic) bond motifs is 1. The van der Waals surface area contributed by atoms with Crippen molar-refractivity contribution in [2.24, 2.45) is 5.73 Å². The van der Waals surface area contributed by atoms with E-state index >= 15 is 0 Å². The van der Waals surface area contributed by atoms with E-state index in [1.54, 1.807) is 4.90 Å². The van der Waals surface area contributed by atoms with Gasteiger partial charge in [-0.1, -0.05) is 30.3 Å². The van der Waals surface area contributed by atoms with Crippen LogP contribution in [0.25, 0.3) is 11.1 Å². The summed E-state index contributed by atoms with van der Waals surface area (Å²) in [6.07, 6.45) is 0.907. The van der Waals surface area contributed by atoms with Crippen LogP contribution in [-0.2, 0) is 13.0 Å². The zero-order chi connectivity index (χ0) is 14.1. The molecule has 0 aliphatic carbocycles. The molecule has 0 spiro atoms. The molecule has 110 valence electrons. The number of benzene rings is 2. The standard InChI is InChI=1S/C17H18N2O.ClH/c1-19-11-15-10-14(6-7-16(15)17(19)20)13-4-2-12(3-5-13)8-9-18;/h2-7,10H,8-9,11,18H2,1H3;1H. The van der Waals surface area contributed by atoms with Crippen molar-refractivity contribution in [2.45, 2.75) is 13.0 Å². The lowest BCUT2D eigenvalue weighted by molar-refractivity contribution is 0.0816. The smallest absolute Gasteiger partial charge is 0.254 e. The highest BCUT2D eigenvalue weighted by molar-refractivity contribution is 5.98. The zero-order valence-electron chi connectivity index (χ0n) is 12.0. The molecule has 0 aromatic heterocycles. The molecule has 0 bridgehead atoms. The fourth-order valence-electron chi connectivity index (χ4n) is 2.68. The summed E-state index contributed by atoms with van der Waals surface area (Å²) in [5.41, 5.74) is 11.1. The molecule has 3 nitrogen and oxygen atoms in total. The topological polar surface area (TPSA) is 46.3 Å². The average Bonchev–Trinajstić information content (AvgIpc) is 2.75. The monoisotopic (exact) mass is 302 g/mol. The van der Waals surface area contributed by atoms with Crippen LogP contribution < -0.4 is 5.73 Å². The Morgan fingerprint density at radius 3 is 2.43 bits per heavy atom. The second kappa shape index (κ2) is 6.29. The van der Waals surface area contributed by atoms with Crippen molar-refractivity contribution in [3.05, 3.63) is 59.2 Å². The minimum atomic E-state index is 0. The van der Waals surface area contributed by atoms with Gasteiger partial charge in [-0.15, -0.1) is 12.4 Å². The van der Waals surface area contributed by atoms with Crippen LogP contribution in [0.5, 0.6) is 0 Å². The number of hydrogen-bond donors (Lipinski definition) is 1. The highest BCUT2D eigenvalue weighted by Gasteiger charge is 2.24. The molecule has 2 aromatic carbocycles. The first-order valence-corrected chi connectivity index (χ1v) is 6.87. The Balaban J connectivity index is 0.00000161. The van der Waals surface area contributed by atoms with Crippen molar-refractivity contribution in [1.82, 2.24) is 4.90 Å². The van der Waals surface area contributed by atoms with Gasteiger partial charge in [-0.2, -0.15) is 0 Å². The number of nitrogens with zero attached hydrogens (tertiary/aromatic N) is 1. The van der Waals surface area contributed by atoms with Gasteiger partial charge in [0.05, 0.1) is 0 Å². The molecule has 0 radical (unpaired) electrons. The predicted octanol–water partition coefficient (Wildman–Crippen LogP) is 2.86. The average molecular weight is 303 g/mol. The second-order valence-electron chi connectivity index (χ2n) is 5.27. The van der Waals surface area contributed by atoms with Gasteiger partial charge in [-0.3, -0.25) is 4.79 Å². The van der Waals surface area contributed by atoms with Crippen LogP contribution in [-0.4, -0.2) is 24.4 Å². The number of halogens is 1. The Hall–Kier alpha value is -1.84. The van der Waals surface area contributed by atoms with Gasteiger partial charge >= 0.3 is 0 Å². The van der Waals surface area contributed by atoms with Gasteiger partial charge < -0.3 is 10.6 Å². The van der Waals surface area contributed by atoms with E-state index in [-0.39, 0.29) is 18.3 Å². The van der Waals surface area contributed by atoms with E-state index in [0.29, 0.717) is 13.1 Å². The van der Waals surface area contributed by atoms with Crippen molar-refractivity contribution in [2.75, 3.05) is 13.6 Å². The minimum Gasteiger partial charge on any atom is -0.337 e. The maximum atomic E-state index is 11.9. The highest BCUT2D eigenvalue weighted by Crippen LogP contribution is 2.28. The minimum absolute atomic E-state index is 0. The SMILES string of the molecule is CN1Cc2cc(-c3ccc(CCN)cc3)ccc2C1=O.Cl. The van der Waals surface area contributed by atoms with Gasteiger partial charge in [-0.25, -0.2) is 0 Å². The van der Waals surface area contributed by atoms with Crippen molar-refractivity contribution in [3.63, 3.8) is 0 Å². The summed E-state index contributed by atoms with van der Waals surface area (Å²) in [7, 11) is 1.84. The van der Waals surface area contributed by atoms with E-state index in [0.717, 1.165) is 23.1 Å². The molecule has 1 aliphatic rings. The van der Waals surface area contributed by atoms with Crippen LogP contribution in [0.1, 0.15) is 21.5 Å². The molecule has 2 N–H and O–H groups in total. The third kappa shape index (κ3) is 2.94. The van der Waals surface area contributed by atoms with Crippen LogP contribution in [0.15, 0.2) is 42.5 Å². The Labute approximate surface area is 131 Å². The van der Waals surface area contributed by atoms with E-state index in [1.807, 2.05) is 19.2 Å². The predicted molar refractivity (Wildman–Crippen MR) is 87.7 cm³/mol. The van der Waals surface area contributed by atoms with E-state index < -0.39 is 0 Å². The van der Waals surface area contributed by atoms with E-state index in [2.05, 4.69) is 30.3 Å². The lowest BCUT2D eigenvalue weighted by atomic mass is 9.99. The Morgan fingerprint density at radius 1 is 1.10 bits per heavy atom. The number of nitrogens with two attached hydrogens (primary N) is 1. The summed E-state index contributed by atoms with van der Waals surface area (Å²) in [6.45, 7) is 1.37. The summed E-state index contributed by atoms with van der Waals surface area (Å²) >= 11 is 0. The number of amides is 1. The van der Waals surface area contributed by atoms with Gasteiger partial charge in [0.25, 0.3) is 5.91 Å². The largest absolute Gasteiger partial charge is 0.337 e. The number of hydrogen-bond acceptors (Lipinski definition) is 2. The first kappa shape index (κ1) is 15.5. The molecule has 1 heterocycles. The molecule has 1 aliphatic heterocycles. The van der Waals surface area contributed by atoms with E-state index in [4.69, 9.17) is 5.73 Å². The van der Waals surface area contributed by atoms with Crippen molar-refractivity contribution < 1.29 is 4.79 Å². The molecular weight excluding hydrogens is 284 g/mol. The summed E-state index contributed by atoms with van der Waals surface area (Å²) < 4.78 is 0. The molecule has 0 saturated heterocycles. The van der Waals surface area contributed by atoms with Crippen LogP contribution in [0.4, 0.5) is 0 Å². The maximum Gasteiger partial charge on any atom is 0.254 e. The normalized spacial score (nSPS) is 13.0. The van der Waals surface area contributed by atoms with Crippen molar-refractivity contribution in [1.29, 1.82) is 0 Å². The number of rotatable bonds is 3. The zero-order valence-corrected chi connectivity index (χ0v) is 12.8. The fraction of sp³-hybridized carbons (Fsp3) is 0.235. The summed E-state index contributed by atoms with van der Waals surface area (Å²) in [6, 6.07) is 14.5. The third-order valence-corrected chi connectivity index (χ3v) is 3.81. The summed E-state index contributed by atoms with van der Waals surface area (Å²) in [4.78, 5) is 13.6. The molecule has 21 heavy (non-hydrogen) atoms. The van der Waals surface area contributed by atoms with Gasteiger partial charge in [0.2, 0.25) is 0 Å². The first-order chi connectivity index (χ1) is 9.69. The van der Waals surface area contributed by atoms with Gasteiger partial charge in [0.15, 0.2) is 0 Å². The second-order valence-corrected chi connectivity index (χ2v) is 5.27. The van der Waals surface area contributed by atoms with E-state index in [9.17, 15) is 4.79 Å². The Kier molecular flexibility index (Phi) is 4.66. The Bertz CT molecular complexity index is 652. The summed E-state index contributed by atoms with van der Waals surface area (Å²) in [5.74, 6) is 0.116. The van der Waals surface area contributed by atoms with Crippen molar-refractivity contribution >= 4 is 18.3 Å². The van der Waals surface area contributed by atoms with Gasteiger partial charge in [0, 0.05) is 19.2 Å². The van der Waals surface area contributed by atoms with Gasteiger partial charge in [0.1, 0.15) is 0 Å². The molecule has 3 rings (SSSR count). The molecule has 4 heteroatoms. The highest BCUT2D eigenvalue weighted by atomic mass is 35.5. The van der Waals surface area contributed by atoms with E-state index in [1.165, 1.54) is 11.1 Å². The first-order valence-electron chi connectivity index (χ1n) is 6.87. The van der Waals surface area contributed by atoms with Crippen molar-refractivity contribution in [3.8, 4) is 11.1 Å². The van der Waals surface area contributed by atoms with Crippen LogP contribution in [0.2, 0.25) is 0 Å². The molecule has 0 fully saturated rings. The van der Waals surface area contributed by atoms with Gasteiger partial charge in [-0.05, 0) is 47.4 Å².